The summed E-state index contributed by atoms with van der Waals surface area (Å²) in [5, 5.41) is 16.1. The van der Waals surface area contributed by atoms with Crippen molar-refractivity contribution in [3.63, 3.8) is 0 Å². The maximum Gasteiger partial charge on any atom is 0.275 e. The van der Waals surface area contributed by atoms with Crippen molar-refractivity contribution in [2.45, 2.75) is 13.8 Å². The zero-order valence-corrected chi connectivity index (χ0v) is 14.2. The van der Waals surface area contributed by atoms with E-state index in [-0.39, 0.29) is 11.5 Å². The van der Waals surface area contributed by atoms with Gasteiger partial charge in [0.05, 0.1) is 10.7 Å². The molecule has 1 amide bonds. The molecule has 0 fully saturated rings. The molecular weight excluding hydrogens is 335 g/mol. The predicted molar refractivity (Wildman–Crippen MR) is 95.2 cm³/mol. The zero-order chi connectivity index (χ0) is 17.0. The number of hydrogen-bond acceptors (Lipinski definition) is 3. The molecule has 23 heavy (non-hydrogen) atoms. The second-order valence-electron chi connectivity index (χ2n) is 5.03. The molecule has 6 heteroatoms. The number of aryl methyl sites for hydroxylation is 1. The van der Waals surface area contributed by atoms with Crippen molar-refractivity contribution in [3.8, 4) is 0 Å². The summed E-state index contributed by atoms with van der Waals surface area (Å²) in [5.74, 6) is -0.657. The summed E-state index contributed by atoms with van der Waals surface area (Å²) in [6.07, 6.45) is 0. The van der Waals surface area contributed by atoms with E-state index in [1.807, 2.05) is 31.2 Å². The molecule has 0 saturated carbocycles. The molecule has 0 bridgehead atoms. The SMILES string of the molecule is C/C(O)=C(/Nc1ccc(C)cc1)C(=O)Nc1cc(Cl)ccc1Cl. The summed E-state index contributed by atoms with van der Waals surface area (Å²) >= 11 is 11.9. The molecule has 0 aliphatic heterocycles. The monoisotopic (exact) mass is 350 g/mol. The molecule has 0 aliphatic rings. The second-order valence-corrected chi connectivity index (χ2v) is 5.87. The number of benzene rings is 2. The van der Waals surface area contributed by atoms with Gasteiger partial charge in [-0.15, -0.1) is 0 Å². The average molecular weight is 351 g/mol. The minimum absolute atomic E-state index is 0.0323. The molecule has 120 valence electrons. The van der Waals surface area contributed by atoms with Gasteiger partial charge in [0.15, 0.2) is 0 Å². The maximum atomic E-state index is 12.4. The van der Waals surface area contributed by atoms with Gasteiger partial charge in [-0.05, 0) is 44.2 Å². The third kappa shape index (κ3) is 4.65. The Morgan fingerprint density at radius 1 is 1.04 bits per heavy atom. The lowest BCUT2D eigenvalue weighted by Gasteiger charge is -2.13. The normalized spacial score (nSPS) is 11.7. The smallest absolute Gasteiger partial charge is 0.275 e. The highest BCUT2D eigenvalue weighted by Crippen LogP contribution is 2.26. The second kappa shape index (κ2) is 7.40. The first-order valence-electron chi connectivity index (χ1n) is 6.87. The zero-order valence-electron chi connectivity index (χ0n) is 12.7. The highest BCUT2D eigenvalue weighted by molar-refractivity contribution is 6.35. The van der Waals surface area contributed by atoms with Gasteiger partial charge in [0.1, 0.15) is 11.5 Å². The number of carbonyl (C=O) groups is 1. The number of allylic oxidation sites excluding steroid dienone is 1. The fourth-order valence-electron chi connectivity index (χ4n) is 1.87. The van der Waals surface area contributed by atoms with Gasteiger partial charge in [-0.2, -0.15) is 0 Å². The Hall–Kier alpha value is -2.17. The Morgan fingerprint density at radius 2 is 1.70 bits per heavy atom. The number of nitrogens with one attached hydrogen (secondary N) is 2. The summed E-state index contributed by atoms with van der Waals surface area (Å²) in [6, 6.07) is 12.2. The first-order chi connectivity index (χ1) is 10.9. The quantitative estimate of drug-likeness (QED) is 0.528. The molecule has 0 radical (unpaired) electrons. The largest absolute Gasteiger partial charge is 0.510 e. The van der Waals surface area contributed by atoms with E-state index in [4.69, 9.17) is 23.2 Å². The number of halogens is 2. The summed E-state index contributed by atoms with van der Waals surface area (Å²) < 4.78 is 0. The third-order valence-corrected chi connectivity index (χ3v) is 3.65. The Morgan fingerprint density at radius 3 is 2.30 bits per heavy atom. The van der Waals surface area contributed by atoms with E-state index in [1.165, 1.54) is 13.0 Å². The van der Waals surface area contributed by atoms with Gasteiger partial charge in [-0.25, -0.2) is 0 Å². The van der Waals surface area contributed by atoms with Crippen LogP contribution in [0.4, 0.5) is 11.4 Å². The van der Waals surface area contributed by atoms with Gasteiger partial charge in [-0.1, -0.05) is 40.9 Å². The van der Waals surface area contributed by atoms with Crippen LogP contribution in [0.1, 0.15) is 12.5 Å². The van der Waals surface area contributed by atoms with Crippen molar-refractivity contribution in [2.24, 2.45) is 0 Å². The summed E-state index contributed by atoms with van der Waals surface area (Å²) in [4.78, 5) is 12.4. The molecule has 4 nitrogen and oxygen atoms in total. The lowest BCUT2D eigenvalue weighted by atomic mass is 10.2. The molecule has 0 spiro atoms. The summed E-state index contributed by atoms with van der Waals surface area (Å²) in [7, 11) is 0. The van der Waals surface area contributed by atoms with Crippen LogP contribution in [-0.4, -0.2) is 11.0 Å². The first kappa shape index (κ1) is 17.2. The molecule has 2 aromatic rings. The molecular formula is C17H16Cl2N2O2. The van der Waals surface area contributed by atoms with Crippen molar-refractivity contribution in [2.75, 3.05) is 10.6 Å². The number of aliphatic hydroxyl groups is 1. The molecule has 0 saturated heterocycles. The number of aliphatic hydroxyl groups excluding tert-OH is 1. The van der Waals surface area contributed by atoms with Crippen molar-refractivity contribution in [3.05, 3.63) is 69.5 Å². The van der Waals surface area contributed by atoms with Gasteiger partial charge in [-0.3, -0.25) is 4.79 Å². The Bertz CT molecular complexity index is 752. The van der Waals surface area contributed by atoms with Crippen LogP contribution in [0.15, 0.2) is 53.9 Å². The number of amides is 1. The van der Waals surface area contributed by atoms with E-state index < -0.39 is 5.91 Å². The molecule has 2 aromatic carbocycles. The number of anilines is 2. The number of carbonyl (C=O) groups excluding carboxylic acids is 1. The van der Waals surface area contributed by atoms with Crippen LogP contribution in [0, 0.1) is 6.92 Å². The fourth-order valence-corrected chi connectivity index (χ4v) is 2.21. The maximum absolute atomic E-state index is 12.4. The van der Waals surface area contributed by atoms with Crippen LogP contribution in [0.3, 0.4) is 0 Å². The van der Waals surface area contributed by atoms with Crippen LogP contribution in [0.2, 0.25) is 10.0 Å². The predicted octanol–water partition coefficient (Wildman–Crippen LogP) is 5.14. The van der Waals surface area contributed by atoms with E-state index in [1.54, 1.807) is 12.1 Å². The lowest BCUT2D eigenvalue weighted by molar-refractivity contribution is -0.112. The topological polar surface area (TPSA) is 61.4 Å². The number of rotatable bonds is 4. The van der Waals surface area contributed by atoms with Crippen molar-refractivity contribution in [1.29, 1.82) is 0 Å². The Kier molecular flexibility index (Phi) is 5.53. The molecule has 0 unspecified atom stereocenters. The molecule has 0 aliphatic carbocycles. The Balaban J connectivity index is 2.21. The van der Waals surface area contributed by atoms with Crippen molar-refractivity contribution >= 4 is 40.5 Å². The minimum atomic E-state index is -0.519. The highest BCUT2D eigenvalue weighted by atomic mass is 35.5. The van der Waals surface area contributed by atoms with Gasteiger partial charge in [0, 0.05) is 10.7 Å². The van der Waals surface area contributed by atoms with E-state index in [0.717, 1.165) is 5.56 Å². The molecule has 2 rings (SSSR count). The van der Waals surface area contributed by atoms with E-state index >= 15 is 0 Å². The van der Waals surface area contributed by atoms with Gasteiger partial charge >= 0.3 is 0 Å². The summed E-state index contributed by atoms with van der Waals surface area (Å²) in [5.41, 5.74) is 2.18. The molecule has 0 atom stereocenters. The molecule has 0 heterocycles. The standard InChI is InChI=1S/C17H16Cl2N2O2/c1-10-3-6-13(7-4-10)20-16(11(2)22)17(23)21-15-9-12(18)5-8-14(15)19/h3-9,20,22H,1-2H3,(H,21,23)/b16-11-. The van der Waals surface area contributed by atoms with Crippen LogP contribution >= 0.6 is 23.2 Å². The van der Waals surface area contributed by atoms with Crippen LogP contribution in [-0.2, 0) is 4.79 Å². The molecule has 0 aromatic heterocycles. The van der Waals surface area contributed by atoms with Crippen LogP contribution in [0.5, 0.6) is 0 Å². The van der Waals surface area contributed by atoms with E-state index in [9.17, 15) is 9.90 Å². The minimum Gasteiger partial charge on any atom is -0.510 e. The van der Waals surface area contributed by atoms with Gasteiger partial charge < -0.3 is 15.7 Å². The summed E-state index contributed by atoms with van der Waals surface area (Å²) in [6.45, 7) is 3.39. The first-order valence-corrected chi connectivity index (χ1v) is 7.62. The third-order valence-electron chi connectivity index (χ3n) is 3.09. The average Bonchev–Trinajstić information content (AvgIpc) is 2.50. The number of hydrogen-bond donors (Lipinski definition) is 3. The van der Waals surface area contributed by atoms with Gasteiger partial charge in [0.2, 0.25) is 0 Å². The van der Waals surface area contributed by atoms with E-state index in [0.29, 0.717) is 21.4 Å². The molecule has 3 N–H and O–H groups in total. The van der Waals surface area contributed by atoms with Gasteiger partial charge in [0.25, 0.3) is 5.91 Å². The van der Waals surface area contributed by atoms with Crippen LogP contribution in [0.25, 0.3) is 0 Å². The lowest BCUT2D eigenvalue weighted by Crippen LogP contribution is -2.21. The Labute approximate surface area is 144 Å². The van der Waals surface area contributed by atoms with Crippen LogP contribution < -0.4 is 10.6 Å². The highest BCUT2D eigenvalue weighted by Gasteiger charge is 2.15. The van der Waals surface area contributed by atoms with Crippen molar-refractivity contribution in [1.82, 2.24) is 0 Å². The van der Waals surface area contributed by atoms with E-state index in [2.05, 4.69) is 10.6 Å². The fraction of sp³-hybridized carbons (Fsp3) is 0.118. The van der Waals surface area contributed by atoms with Crippen molar-refractivity contribution < 1.29 is 9.90 Å².